The zero-order valence-corrected chi connectivity index (χ0v) is 30.0. The van der Waals surface area contributed by atoms with Crippen molar-refractivity contribution in [3.63, 3.8) is 0 Å². The van der Waals surface area contributed by atoms with Crippen molar-refractivity contribution in [3.05, 3.63) is 198 Å². The third-order valence-electron chi connectivity index (χ3n) is 11.3. The molecule has 53 heavy (non-hydrogen) atoms. The average molecular weight is 712 g/mol. The molecule has 4 heteroatoms. The summed E-state index contributed by atoms with van der Waals surface area (Å²) in [6, 6.07) is 64.9. The Bertz CT molecular complexity index is 3090. The Hall–Kier alpha value is -6.07. The second kappa shape index (κ2) is 11.0. The standard InChI is InChI=1S/C49H29NOS2/c1-4-15-37-35(14-1)48-40(49(37)38-16-5-9-22-45(38)53-46-23-10-6-17-39(46)49)18-11-19-41(48)50(30-25-27-43-36(28-30)32-12-2-7-20-42(32)51-43)31-24-26-34-33-13-3-8-21-44(33)52-47(34)29-31/h1-29H. The number of furan rings is 1. The van der Waals surface area contributed by atoms with Gasteiger partial charge in [0, 0.05) is 57.7 Å². The van der Waals surface area contributed by atoms with Gasteiger partial charge in [-0.15, -0.1) is 11.3 Å². The van der Waals surface area contributed by atoms with Crippen molar-refractivity contribution in [2.75, 3.05) is 4.90 Å². The molecule has 3 heterocycles. The first-order chi connectivity index (χ1) is 26.3. The number of rotatable bonds is 3. The molecule has 0 atom stereocenters. The monoisotopic (exact) mass is 711 g/mol. The fraction of sp³-hybridized carbons (Fsp3) is 0.0204. The van der Waals surface area contributed by atoms with E-state index in [2.05, 4.69) is 175 Å². The van der Waals surface area contributed by atoms with Crippen LogP contribution in [0.4, 0.5) is 17.1 Å². The lowest BCUT2D eigenvalue weighted by atomic mass is 9.67. The number of hydrogen-bond donors (Lipinski definition) is 0. The molecule has 0 saturated carbocycles. The van der Waals surface area contributed by atoms with Crippen LogP contribution >= 0.6 is 23.1 Å². The van der Waals surface area contributed by atoms with Crippen molar-refractivity contribution in [1.82, 2.24) is 0 Å². The lowest BCUT2D eigenvalue weighted by Crippen LogP contribution is -2.32. The minimum Gasteiger partial charge on any atom is -0.456 e. The average Bonchev–Trinajstić information content (AvgIpc) is 3.87. The van der Waals surface area contributed by atoms with Gasteiger partial charge in [-0.05, 0) is 88.5 Å². The van der Waals surface area contributed by atoms with Crippen LogP contribution in [0.5, 0.6) is 0 Å². The van der Waals surface area contributed by atoms with E-state index in [1.807, 2.05) is 29.2 Å². The van der Waals surface area contributed by atoms with Gasteiger partial charge in [-0.1, -0.05) is 127 Å². The lowest BCUT2D eigenvalue weighted by Gasteiger charge is -2.39. The summed E-state index contributed by atoms with van der Waals surface area (Å²) in [4.78, 5) is 5.10. The van der Waals surface area contributed by atoms with Gasteiger partial charge in [-0.3, -0.25) is 0 Å². The van der Waals surface area contributed by atoms with Crippen LogP contribution in [0.2, 0.25) is 0 Å². The Kier molecular flexibility index (Phi) is 6.11. The van der Waals surface area contributed by atoms with Crippen molar-refractivity contribution >= 4 is 82.3 Å². The quantitative estimate of drug-likeness (QED) is 0.182. The number of hydrogen-bond acceptors (Lipinski definition) is 4. The van der Waals surface area contributed by atoms with Crippen LogP contribution in [0.25, 0.3) is 53.2 Å². The highest BCUT2D eigenvalue weighted by molar-refractivity contribution is 7.99. The van der Waals surface area contributed by atoms with Crippen LogP contribution in [0.1, 0.15) is 22.3 Å². The number of para-hydroxylation sites is 1. The van der Waals surface area contributed by atoms with Crippen molar-refractivity contribution in [2.45, 2.75) is 15.2 Å². The van der Waals surface area contributed by atoms with E-state index in [-0.39, 0.29) is 0 Å². The molecule has 2 nitrogen and oxygen atoms in total. The zero-order valence-electron chi connectivity index (χ0n) is 28.4. The molecule has 1 aliphatic heterocycles. The molecule has 248 valence electrons. The summed E-state index contributed by atoms with van der Waals surface area (Å²) in [7, 11) is 0. The van der Waals surface area contributed by atoms with Gasteiger partial charge < -0.3 is 9.32 Å². The maximum Gasteiger partial charge on any atom is 0.135 e. The predicted molar refractivity (Wildman–Crippen MR) is 223 cm³/mol. The minimum absolute atomic E-state index is 0.452. The smallest absolute Gasteiger partial charge is 0.135 e. The van der Waals surface area contributed by atoms with Crippen molar-refractivity contribution in [3.8, 4) is 11.1 Å². The maximum atomic E-state index is 6.33. The Balaban J connectivity index is 1.18. The van der Waals surface area contributed by atoms with E-state index >= 15 is 0 Å². The van der Waals surface area contributed by atoms with Gasteiger partial charge in [0.05, 0.1) is 11.1 Å². The van der Waals surface area contributed by atoms with Gasteiger partial charge in [0.15, 0.2) is 0 Å². The Labute approximate surface area is 314 Å². The van der Waals surface area contributed by atoms with Gasteiger partial charge in [-0.2, -0.15) is 0 Å². The summed E-state index contributed by atoms with van der Waals surface area (Å²) in [6.07, 6.45) is 0. The molecule has 8 aromatic carbocycles. The van der Waals surface area contributed by atoms with E-state index in [0.29, 0.717) is 0 Å². The van der Waals surface area contributed by atoms with E-state index in [9.17, 15) is 0 Å². The molecule has 12 rings (SSSR count). The van der Waals surface area contributed by atoms with Crippen LogP contribution < -0.4 is 4.90 Å². The van der Waals surface area contributed by atoms with Crippen LogP contribution in [0.3, 0.4) is 0 Å². The molecule has 0 unspecified atom stereocenters. The predicted octanol–water partition coefficient (Wildman–Crippen LogP) is 14.3. The number of anilines is 3. The minimum atomic E-state index is -0.452. The van der Waals surface area contributed by atoms with E-state index in [1.54, 1.807) is 0 Å². The van der Waals surface area contributed by atoms with Gasteiger partial charge in [0.1, 0.15) is 11.2 Å². The van der Waals surface area contributed by atoms with Gasteiger partial charge >= 0.3 is 0 Å². The fourth-order valence-electron chi connectivity index (χ4n) is 9.20. The highest BCUT2D eigenvalue weighted by Gasteiger charge is 2.51. The number of nitrogens with zero attached hydrogens (tertiary/aromatic N) is 1. The summed E-state index contributed by atoms with van der Waals surface area (Å²) in [5, 5.41) is 4.84. The van der Waals surface area contributed by atoms with Crippen LogP contribution in [0.15, 0.2) is 190 Å². The Morgan fingerprint density at radius 2 is 1.06 bits per heavy atom. The summed E-state index contributed by atoms with van der Waals surface area (Å²) in [5.41, 5.74) is 12.6. The van der Waals surface area contributed by atoms with E-state index in [1.165, 1.54) is 63.3 Å². The molecule has 1 spiro atoms. The normalized spacial score (nSPS) is 13.7. The zero-order chi connectivity index (χ0) is 34.7. The molecule has 0 bridgehead atoms. The lowest BCUT2D eigenvalue weighted by molar-refractivity contribution is 0.669. The van der Waals surface area contributed by atoms with Crippen molar-refractivity contribution < 1.29 is 4.42 Å². The van der Waals surface area contributed by atoms with Gasteiger partial charge in [0.25, 0.3) is 0 Å². The second-order valence-electron chi connectivity index (χ2n) is 14.0. The number of fused-ring (bicyclic) bond motifs is 15. The first-order valence-electron chi connectivity index (χ1n) is 18.0. The number of thiophene rings is 1. The summed E-state index contributed by atoms with van der Waals surface area (Å²) >= 11 is 3.75. The fourth-order valence-corrected chi connectivity index (χ4v) is 11.5. The summed E-state index contributed by atoms with van der Waals surface area (Å²) < 4.78 is 8.92. The molecule has 0 saturated heterocycles. The summed E-state index contributed by atoms with van der Waals surface area (Å²) in [5.74, 6) is 0. The van der Waals surface area contributed by atoms with Gasteiger partial charge in [-0.25, -0.2) is 0 Å². The molecule has 2 aromatic heterocycles. The van der Waals surface area contributed by atoms with Crippen molar-refractivity contribution in [1.29, 1.82) is 0 Å². The Morgan fingerprint density at radius 3 is 1.91 bits per heavy atom. The third kappa shape index (κ3) is 4.00. The largest absolute Gasteiger partial charge is 0.456 e. The molecule has 0 radical (unpaired) electrons. The molecular formula is C49H29NOS2. The van der Waals surface area contributed by atoms with Crippen molar-refractivity contribution in [2.24, 2.45) is 0 Å². The topological polar surface area (TPSA) is 16.4 Å². The first kappa shape index (κ1) is 29.5. The van der Waals surface area contributed by atoms with Crippen LogP contribution in [0, 0.1) is 0 Å². The van der Waals surface area contributed by atoms with Gasteiger partial charge in [0.2, 0.25) is 0 Å². The summed E-state index contributed by atoms with van der Waals surface area (Å²) in [6.45, 7) is 0. The first-order valence-corrected chi connectivity index (χ1v) is 19.6. The maximum absolute atomic E-state index is 6.33. The molecule has 1 aliphatic carbocycles. The second-order valence-corrected chi connectivity index (χ2v) is 16.1. The molecule has 0 fully saturated rings. The van der Waals surface area contributed by atoms with E-state index in [4.69, 9.17) is 4.42 Å². The van der Waals surface area contributed by atoms with E-state index in [0.717, 1.165) is 39.0 Å². The third-order valence-corrected chi connectivity index (χ3v) is 13.6. The SMILES string of the molecule is c1ccc2c(c1)Sc1ccccc1C21c2ccccc2-c2c(N(c3ccc4c(c3)sc3ccccc34)c3ccc4oc5ccccc5c4c3)cccc21. The van der Waals surface area contributed by atoms with Crippen LogP contribution in [-0.4, -0.2) is 0 Å². The number of benzene rings is 8. The highest BCUT2D eigenvalue weighted by Crippen LogP contribution is 2.64. The highest BCUT2D eigenvalue weighted by atomic mass is 32.2. The molecule has 0 amide bonds. The molecule has 2 aliphatic rings. The molecule has 10 aromatic rings. The van der Waals surface area contributed by atoms with E-state index < -0.39 is 5.41 Å². The Morgan fingerprint density at radius 1 is 0.434 bits per heavy atom. The molecular weight excluding hydrogens is 683 g/mol. The van der Waals surface area contributed by atoms with Crippen LogP contribution in [-0.2, 0) is 5.41 Å². The molecule has 0 N–H and O–H groups in total.